The third-order valence-electron chi connectivity index (χ3n) is 4.18. The van der Waals surface area contributed by atoms with Gasteiger partial charge in [0, 0.05) is 5.70 Å². The normalized spacial score (nSPS) is 21.6. The van der Waals surface area contributed by atoms with Gasteiger partial charge in [-0.15, -0.1) is 0 Å². The lowest BCUT2D eigenvalue weighted by Crippen LogP contribution is -2.05. The Bertz CT molecular complexity index is 410. The number of nitrogens with zero attached hydrogens (tertiary/aromatic N) is 1. The number of hydrogen-bond donors (Lipinski definition) is 0. The van der Waals surface area contributed by atoms with Gasteiger partial charge in [0.2, 0.25) is 0 Å². The molecule has 0 aromatic heterocycles. The van der Waals surface area contributed by atoms with Gasteiger partial charge in [-0.25, -0.2) is 0 Å². The number of allylic oxidation sites excluding steroid dienone is 1. The highest BCUT2D eigenvalue weighted by Gasteiger charge is 2.33. The summed E-state index contributed by atoms with van der Waals surface area (Å²) in [7, 11) is 0. The third kappa shape index (κ3) is 2.24. The summed E-state index contributed by atoms with van der Waals surface area (Å²) < 4.78 is 0. The van der Waals surface area contributed by atoms with Gasteiger partial charge < -0.3 is 4.90 Å². The Morgan fingerprint density at radius 1 is 1.00 bits per heavy atom. The van der Waals surface area contributed by atoms with Crippen LogP contribution in [0.5, 0.6) is 0 Å². The molecule has 1 aliphatic heterocycles. The average molecular weight is 227 g/mol. The van der Waals surface area contributed by atoms with Crippen molar-refractivity contribution < 1.29 is 0 Å². The van der Waals surface area contributed by atoms with Crippen molar-refractivity contribution in [2.75, 3.05) is 6.54 Å². The number of benzene rings is 1. The molecule has 0 N–H and O–H groups in total. The van der Waals surface area contributed by atoms with Crippen LogP contribution in [0.4, 0.5) is 0 Å². The van der Waals surface area contributed by atoms with Crippen molar-refractivity contribution in [2.45, 2.75) is 45.1 Å². The molecule has 0 spiro atoms. The van der Waals surface area contributed by atoms with Gasteiger partial charge in [-0.05, 0) is 43.7 Å². The monoisotopic (exact) mass is 227 g/mol. The highest BCUT2D eigenvalue weighted by atomic mass is 15.3. The first kappa shape index (κ1) is 10.9. The molecule has 1 aliphatic carbocycles. The predicted molar refractivity (Wildman–Crippen MR) is 71.7 cm³/mol. The Balaban J connectivity index is 1.72. The second kappa shape index (κ2) is 4.56. The molecule has 0 unspecified atom stereocenters. The van der Waals surface area contributed by atoms with Gasteiger partial charge in [0.15, 0.2) is 0 Å². The Morgan fingerprint density at radius 2 is 1.71 bits per heavy atom. The minimum atomic E-state index is 0.556. The summed E-state index contributed by atoms with van der Waals surface area (Å²) >= 11 is 0. The summed E-state index contributed by atoms with van der Waals surface area (Å²) in [5, 5.41) is 0. The first-order valence-electron chi connectivity index (χ1n) is 6.89. The van der Waals surface area contributed by atoms with E-state index in [9.17, 15) is 0 Å². The fraction of sp³-hybridized carbons (Fsp3) is 0.500. The van der Waals surface area contributed by atoms with Crippen molar-refractivity contribution in [1.82, 2.24) is 4.90 Å². The fourth-order valence-electron chi connectivity index (χ4n) is 2.99. The quantitative estimate of drug-likeness (QED) is 0.681. The van der Waals surface area contributed by atoms with E-state index in [2.05, 4.69) is 42.2 Å². The van der Waals surface area contributed by atoms with Crippen LogP contribution in [0.3, 0.4) is 0 Å². The summed E-state index contributed by atoms with van der Waals surface area (Å²) in [4.78, 5) is 2.57. The molecule has 0 radical (unpaired) electrons. The smallest absolute Gasteiger partial charge is 0.0582 e. The Kier molecular flexibility index (Phi) is 2.92. The molecule has 1 saturated heterocycles. The molecule has 1 saturated carbocycles. The molecule has 0 bridgehead atoms. The molecule has 2 aliphatic rings. The largest absolute Gasteiger partial charge is 0.361 e. The molecule has 1 aromatic carbocycles. The molecule has 90 valence electrons. The highest BCUT2D eigenvalue weighted by molar-refractivity contribution is 5.31. The van der Waals surface area contributed by atoms with E-state index in [1.165, 1.54) is 44.2 Å². The minimum absolute atomic E-state index is 0.556. The van der Waals surface area contributed by atoms with E-state index in [0.717, 1.165) is 0 Å². The van der Waals surface area contributed by atoms with E-state index in [1.54, 1.807) is 11.3 Å². The van der Waals surface area contributed by atoms with Crippen molar-refractivity contribution in [3.8, 4) is 0 Å². The van der Waals surface area contributed by atoms with Gasteiger partial charge in [0.05, 0.1) is 12.6 Å². The Morgan fingerprint density at radius 3 is 2.41 bits per heavy atom. The van der Waals surface area contributed by atoms with Crippen LogP contribution in [0.1, 0.15) is 50.6 Å². The molecule has 1 aromatic rings. The summed E-state index contributed by atoms with van der Waals surface area (Å²) in [6.45, 7) is 3.54. The average Bonchev–Trinajstić information content (AvgIpc) is 3.20. The van der Waals surface area contributed by atoms with Crippen LogP contribution < -0.4 is 0 Å². The topological polar surface area (TPSA) is 3.01 Å². The standard InChI is InChI=1S/C16H21N/c1-13(14-8-4-2-5-9-14)17-12-16(17)15-10-6-3-7-11-15/h2,4-5,8-9,13H,3,6-7,10-12H2,1H3/t13-,17?/m0/s1. The number of rotatable bonds is 2. The lowest BCUT2D eigenvalue weighted by Gasteiger charge is -2.17. The van der Waals surface area contributed by atoms with Gasteiger partial charge in [0.1, 0.15) is 0 Å². The number of hydrogen-bond acceptors (Lipinski definition) is 1. The van der Waals surface area contributed by atoms with E-state index in [-0.39, 0.29) is 0 Å². The van der Waals surface area contributed by atoms with E-state index >= 15 is 0 Å². The molecule has 1 heterocycles. The van der Waals surface area contributed by atoms with Crippen molar-refractivity contribution in [2.24, 2.45) is 0 Å². The first-order valence-corrected chi connectivity index (χ1v) is 6.89. The lowest BCUT2D eigenvalue weighted by atomic mass is 9.94. The molecule has 0 amide bonds. The zero-order valence-corrected chi connectivity index (χ0v) is 10.7. The molecule has 3 rings (SSSR count). The van der Waals surface area contributed by atoms with E-state index < -0.39 is 0 Å². The van der Waals surface area contributed by atoms with Crippen LogP contribution >= 0.6 is 0 Å². The zero-order chi connectivity index (χ0) is 11.7. The maximum atomic E-state index is 2.57. The van der Waals surface area contributed by atoms with Gasteiger partial charge in [-0.3, -0.25) is 0 Å². The van der Waals surface area contributed by atoms with Crippen molar-refractivity contribution >= 4 is 0 Å². The summed E-state index contributed by atoms with van der Waals surface area (Å²) in [6.07, 6.45) is 6.96. The van der Waals surface area contributed by atoms with Crippen molar-refractivity contribution in [3.05, 3.63) is 47.2 Å². The molecule has 1 heteroatoms. The molecule has 1 atom stereocenters. The van der Waals surface area contributed by atoms with E-state index in [1.807, 2.05) is 0 Å². The Labute approximate surface area is 104 Å². The summed E-state index contributed by atoms with van der Waals surface area (Å²) in [6, 6.07) is 11.4. The molecular weight excluding hydrogens is 206 g/mol. The second-order valence-corrected chi connectivity index (χ2v) is 5.33. The molecule has 17 heavy (non-hydrogen) atoms. The van der Waals surface area contributed by atoms with Crippen LogP contribution in [0.15, 0.2) is 41.6 Å². The third-order valence-corrected chi connectivity index (χ3v) is 4.18. The zero-order valence-electron chi connectivity index (χ0n) is 10.7. The van der Waals surface area contributed by atoms with E-state index in [0.29, 0.717) is 6.04 Å². The molecular formula is C16H21N. The van der Waals surface area contributed by atoms with Gasteiger partial charge in [-0.1, -0.05) is 36.8 Å². The minimum Gasteiger partial charge on any atom is -0.361 e. The highest BCUT2D eigenvalue weighted by Crippen LogP contribution is 2.40. The van der Waals surface area contributed by atoms with Crippen LogP contribution in [-0.2, 0) is 0 Å². The lowest BCUT2D eigenvalue weighted by molar-refractivity contribution is 0.457. The fourth-order valence-corrected chi connectivity index (χ4v) is 2.99. The van der Waals surface area contributed by atoms with Crippen LogP contribution in [0, 0.1) is 0 Å². The second-order valence-electron chi connectivity index (χ2n) is 5.33. The first-order chi connectivity index (χ1) is 8.36. The SMILES string of the molecule is C[C@@H](c1ccccc1)N1CC1=C1CCCCC1. The molecule has 1 nitrogen and oxygen atoms in total. The maximum Gasteiger partial charge on any atom is 0.0582 e. The summed E-state index contributed by atoms with van der Waals surface area (Å²) in [5.74, 6) is 0. The van der Waals surface area contributed by atoms with Crippen LogP contribution in [-0.4, -0.2) is 11.4 Å². The maximum absolute atomic E-state index is 2.57. The van der Waals surface area contributed by atoms with Crippen molar-refractivity contribution in [1.29, 1.82) is 0 Å². The Hall–Kier alpha value is -1.24. The van der Waals surface area contributed by atoms with Gasteiger partial charge >= 0.3 is 0 Å². The molecule has 2 fully saturated rings. The van der Waals surface area contributed by atoms with Gasteiger partial charge in [0.25, 0.3) is 0 Å². The van der Waals surface area contributed by atoms with Crippen LogP contribution in [0.2, 0.25) is 0 Å². The van der Waals surface area contributed by atoms with Crippen LogP contribution in [0.25, 0.3) is 0 Å². The summed E-state index contributed by atoms with van der Waals surface area (Å²) in [5.41, 5.74) is 4.85. The van der Waals surface area contributed by atoms with Gasteiger partial charge in [-0.2, -0.15) is 0 Å². The predicted octanol–water partition coefficient (Wildman–Crippen LogP) is 4.28. The van der Waals surface area contributed by atoms with E-state index in [4.69, 9.17) is 0 Å². The van der Waals surface area contributed by atoms with Crippen molar-refractivity contribution in [3.63, 3.8) is 0 Å².